The highest BCUT2D eigenvalue weighted by molar-refractivity contribution is 4.91. The maximum atomic E-state index is 9.17. The maximum Gasteiger partial charge on any atom is 0.108 e. The highest BCUT2D eigenvalue weighted by atomic mass is 16.5. The Labute approximate surface area is 65.4 Å². The average molecular weight is 161 g/mol. The zero-order valence-electron chi connectivity index (χ0n) is 6.34. The van der Waals surface area contributed by atoms with E-state index in [0.29, 0.717) is 0 Å². The lowest BCUT2D eigenvalue weighted by Crippen LogP contribution is -2.55. The summed E-state index contributed by atoms with van der Waals surface area (Å²) in [6, 6.07) is 0. The third kappa shape index (κ3) is 1.54. The molecule has 11 heavy (non-hydrogen) atoms. The molecule has 0 aromatic rings. The van der Waals surface area contributed by atoms with Crippen LogP contribution in [0.4, 0.5) is 0 Å². The van der Waals surface area contributed by atoms with Gasteiger partial charge >= 0.3 is 0 Å². The van der Waals surface area contributed by atoms with Crippen LogP contribution in [0.2, 0.25) is 0 Å². The largest absolute Gasteiger partial charge is 0.402 e. The molecule has 2 unspecified atom stereocenters. The first-order chi connectivity index (χ1) is 5.04. The van der Waals surface area contributed by atoms with Crippen LogP contribution in [-0.2, 0) is 4.74 Å². The van der Waals surface area contributed by atoms with Crippen molar-refractivity contribution in [2.24, 2.45) is 0 Å². The molecule has 1 aliphatic rings. The van der Waals surface area contributed by atoms with E-state index in [1.54, 1.807) is 6.92 Å². The first-order valence-electron chi connectivity index (χ1n) is 3.56. The van der Waals surface area contributed by atoms with Gasteiger partial charge in [-0.1, -0.05) is 0 Å². The van der Waals surface area contributed by atoms with E-state index in [1.807, 2.05) is 0 Å². The van der Waals surface area contributed by atoms with Gasteiger partial charge in [-0.25, -0.2) is 0 Å². The van der Waals surface area contributed by atoms with Crippen LogP contribution in [0.1, 0.15) is 6.92 Å². The van der Waals surface area contributed by atoms with Crippen LogP contribution >= 0.6 is 0 Å². The molecule has 66 valence electrons. The van der Waals surface area contributed by atoms with Crippen LogP contribution in [0.3, 0.4) is 0 Å². The minimum absolute atomic E-state index is 0.476. The number of rotatable bonds is 0. The van der Waals surface area contributed by atoms with Crippen LogP contribution in [0, 0.1) is 6.92 Å². The van der Waals surface area contributed by atoms with Crippen LogP contribution in [0.5, 0.6) is 0 Å². The van der Waals surface area contributed by atoms with Gasteiger partial charge in [-0.2, -0.15) is 0 Å². The molecule has 0 aromatic carbocycles. The molecule has 4 nitrogen and oxygen atoms in total. The van der Waals surface area contributed by atoms with E-state index in [0.717, 1.165) is 0 Å². The summed E-state index contributed by atoms with van der Waals surface area (Å²) in [4.78, 5) is 0. The van der Waals surface area contributed by atoms with E-state index in [-0.39, 0.29) is 0 Å². The Morgan fingerprint density at radius 3 is 2.18 bits per heavy atom. The fourth-order valence-corrected chi connectivity index (χ4v) is 1.14. The van der Waals surface area contributed by atoms with E-state index in [2.05, 4.69) is 6.92 Å². The van der Waals surface area contributed by atoms with Gasteiger partial charge in [0.05, 0.1) is 12.2 Å². The summed E-state index contributed by atoms with van der Waals surface area (Å²) < 4.78 is 5.01. The molecule has 0 amide bonds. The lowest BCUT2D eigenvalue weighted by atomic mass is 9.97. The van der Waals surface area contributed by atoms with Gasteiger partial charge in [0.25, 0.3) is 0 Å². The second kappa shape index (κ2) is 3.06. The predicted molar refractivity (Wildman–Crippen MR) is 37.7 cm³/mol. The molecule has 0 bridgehead atoms. The Balaban J connectivity index is 2.63. The monoisotopic (exact) mass is 161 g/mol. The van der Waals surface area contributed by atoms with E-state index in [4.69, 9.17) is 14.9 Å². The van der Waals surface area contributed by atoms with Gasteiger partial charge in [-0.05, 0) is 13.0 Å². The zero-order chi connectivity index (χ0) is 8.59. The minimum atomic E-state index is -1.15. The molecule has 1 fully saturated rings. The second-order valence-electron chi connectivity index (χ2n) is 2.85. The smallest absolute Gasteiger partial charge is 0.108 e. The molecule has 1 heterocycles. The van der Waals surface area contributed by atoms with Crippen molar-refractivity contribution >= 4 is 0 Å². The zero-order valence-corrected chi connectivity index (χ0v) is 6.34. The summed E-state index contributed by atoms with van der Waals surface area (Å²) in [6.07, 6.45) is -4.41. The Kier molecular flexibility index (Phi) is 2.49. The fraction of sp³-hybridized carbons (Fsp3) is 0.857. The second-order valence-corrected chi connectivity index (χ2v) is 2.85. The standard InChI is InChI=1S/C7H13O4/c1-3-5(8)7(10)6(9)4(2)11-3/h3-10H,1H2,2H3/q-1/t3-,4?,5+,6-,7?/m0/s1. The van der Waals surface area contributed by atoms with Crippen molar-refractivity contribution in [3.05, 3.63) is 6.92 Å². The molecular formula is C7H13O4-. The van der Waals surface area contributed by atoms with Crippen LogP contribution in [0.15, 0.2) is 0 Å². The maximum absolute atomic E-state index is 9.17. The molecule has 1 saturated heterocycles. The number of aliphatic hydroxyl groups excluding tert-OH is 3. The molecule has 0 aliphatic carbocycles. The summed E-state index contributed by atoms with van der Waals surface area (Å²) in [5.74, 6) is 0. The van der Waals surface area contributed by atoms with Crippen molar-refractivity contribution in [3.8, 4) is 0 Å². The third-order valence-electron chi connectivity index (χ3n) is 1.95. The molecule has 0 saturated carbocycles. The van der Waals surface area contributed by atoms with Gasteiger partial charge < -0.3 is 27.0 Å². The van der Waals surface area contributed by atoms with Gasteiger partial charge in [-0.15, -0.1) is 0 Å². The van der Waals surface area contributed by atoms with E-state index in [1.165, 1.54) is 0 Å². The lowest BCUT2D eigenvalue weighted by Gasteiger charge is -2.41. The molecule has 4 heteroatoms. The Morgan fingerprint density at radius 1 is 1.09 bits per heavy atom. The van der Waals surface area contributed by atoms with E-state index in [9.17, 15) is 5.11 Å². The summed E-state index contributed by atoms with van der Waals surface area (Å²) in [6.45, 7) is 5.09. The molecule has 1 aliphatic heterocycles. The average Bonchev–Trinajstić information content (AvgIpc) is 1.97. The van der Waals surface area contributed by atoms with E-state index < -0.39 is 30.5 Å². The van der Waals surface area contributed by atoms with Crippen molar-refractivity contribution in [1.29, 1.82) is 0 Å². The van der Waals surface area contributed by atoms with Gasteiger partial charge in [-0.3, -0.25) is 0 Å². The number of ether oxygens (including phenoxy) is 1. The molecule has 0 radical (unpaired) electrons. The van der Waals surface area contributed by atoms with Crippen molar-refractivity contribution in [2.45, 2.75) is 37.4 Å². The van der Waals surface area contributed by atoms with Gasteiger partial charge in [0, 0.05) is 0 Å². The predicted octanol–water partition coefficient (Wildman–Crippen LogP) is -1.31. The van der Waals surface area contributed by atoms with E-state index >= 15 is 0 Å². The SMILES string of the molecule is [CH2-][C@@H]1OC(C)[C@H](O)C(O)[C@@H]1O. The Bertz CT molecular complexity index is 124. The highest BCUT2D eigenvalue weighted by Crippen LogP contribution is 2.19. The molecule has 0 aromatic heterocycles. The Hall–Kier alpha value is -0.160. The third-order valence-corrected chi connectivity index (χ3v) is 1.95. The van der Waals surface area contributed by atoms with Gasteiger partial charge in [0.1, 0.15) is 12.2 Å². The Morgan fingerprint density at radius 2 is 1.64 bits per heavy atom. The summed E-state index contributed by atoms with van der Waals surface area (Å²) in [5.41, 5.74) is 0. The number of hydrogen-bond acceptors (Lipinski definition) is 4. The summed E-state index contributed by atoms with van der Waals surface area (Å²) in [5, 5.41) is 27.5. The van der Waals surface area contributed by atoms with Crippen molar-refractivity contribution < 1.29 is 20.1 Å². The number of aliphatic hydroxyl groups is 3. The lowest BCUT2D eigenvalue weighted by molar-refractivity contribution is -0.204. The molecule has 5 atom stereocenters. The van der Waals surface area contributed by atoms with Gasteiger partial charge in [0.15, 0.2) is 0 Å². The molecule has 0 spiro atoms. The number of hydrogen-bond donors (Lipinski definition) is 3. The van der Waals surface area contributed by atoms with Crippen molar-refractivity contribution in [3.63, 3.8) is 0 Å². The van der Waals surface area contributed by atoms with Crippen LogP contribution in [0.25, 0.3) is 0 Å². The summed E-state index contributed by atoms with van der Waals surface area (Å²) >= 11 is 0. The fourth-order valence-electron chi connectivity index (χ4n) is 1.14. The van der Waals surface area contributed by atoms with Gasteiger partial charge in [0.2, 0.25) is 0 Å². The van der Waals surface area contributed by atoms with Crippen molar-refractivity contribution in [2.75, 3.05) is 0 Å². The molecular weight excluding hydrogens is 148 g/mol. The molecule has 3 N–H and O–H groups in total. The molecule has 1 rings (SSSR count). The first kappa shape index (κ1) is 8.93. The topological polar surface area (TPSA) is 69.9 Å². The quantitative estimate of drug-likeness (QED) is 0.386. The van der Waals surface area contributed by atoms with Crippen molar-refractivity contribution in [1.82, 2.24) is 0 Å². The minimum Gasteiger partial charge on any atom is -0.402 e. The van der Waals surface area contributed by atoms with Crippen LogP contribution in [-0.4, -0.2) is 45.8 Å². The normalized spacial score (nSPS) is 52.6. The summed E-state index contributed by atoms with van der Waals surface area (Å²) in [7, 11) is 0. The van der Waals surface area contributed by atoms with Crippen LogP contribution < -0.4 is 0 Å². The first-order valence-corrected chi connectivity index (χ1v) is 3.56. The highest BCUT2D eigenvalue weighted by Gasteiger charge is 2.36.